The van der Waals surface area contributed by atoms with Crippen LogP contribution < -0.4 is 10.2 Å². The maximum Gasteiger partial charge on any atom is 0.326 e. The molecule has 1 saturated heterocycles. The van der Waals surface area contributed by atoms with Crippen LogP contribution in [-0.4, -0.2) is 63.0 Å². The molecule has 2 aromatic carbocycles. The van der Waals surface area contributed by atoms with E-state index >= 15 is 0 Å². The van der Waals surface area contributed by atoms with Crippen molar-refractivity contribution in [1.29, 1.82) is 0 Å². The summed E-state index contributed by atoms with van der Waals surface area (Å²) in [6, 6.07) is 21.2. The molecule has 0 aliphatic carbocycles. The summed E-state index contributed by atoms with van der Waals surface area (Å²) in [5.74, 6) is -0.936. The SMILES string of the molecule is CC(C)[C@H](Nc1ccc(-c2c(/C=C/c3ccc4ccccc4n3)nc3c(N4CCOCC4)ccnn23)cc1)C(=O)O. The number of nitrogens with zero attached hydrogens (tertiary/aromatic N) is 5. The van der Waals surface area contributed by atoms with Gasteiger partial charge in [0, 0.05) is 29.7 Å². The summed E-state index contributed by atoms with van der Waals surface area (Å²) in [5, 5.41) is 18.5. The maximum atomic E-state index is 11.7. The third kappa shape index (κ3) is 5.49. The number of morpholine rings is 1. The first-order valence-corrected chi connectivity index (χ1v) is 13.8. The Morgan fingerprint density at radius 3 is 2.51 bits per heavy atom. The van der Waals surface area contributed by atoms with Crippen molar-refractivity contribution in [3.05, 3.63) is 84.3 Å². The van der Waals surface area contributed by atoms with Crippen LogP contribution in [0.4, 0.5) is 11.4 Å². The first-order valence-electron chi connectivity index (χ1n) is 13.8. The van der Waals surface area contributed by atoms with Gasteiger partial charge in [-0.3, -0.25) is 0 Å². The number of hydrogen-bond acceptors (Lipinski definition) is 7. The predicted molar refractivity (Wildman–Crippen MR) is 162 cm³/mol. The Balaban J connectivity index is 1.42. The maximum absolute atomic E-state index is 11.7. The van der Waals surface area contributed by atoms with E-state index in [0.29, 0.717) is 13.2 Å². The smallest absolute Gasteiger partial charge is 0.326 e. The first-order chi connectivity index (χ1) is 20.0. The fourth-order valence-corrected chi connectivity index (χ4v) is 5.15. The molecule has 1 aliphatic rings. The Morgan fingerprint density at radius 2 is 1.76 bits per heavy atom. The zero-order valence-electron chi connectivity index (χ0n) is 23.1. The Kier molecular flexibility index (Phi) is 7.35. The minimum Gasteiger partial charge on any atom is -0.480 e. The van der Waals surface area contributed by atoms with Gasteiger partial charge < -0.3 is 20.1 Å². The molecule has 0 spiro atoms. The molecule has 0 radical (unpaired) electrons. The zero-order chi connectivity index (χ0) is 28.3. The number of imidazole rings is 1. The summed E-state index contributed by atoms with van der Waals surface area (Å²) in [4.78, 5) is 23.8. The van der Waals surface area contributed by atoms with E-state index < -0.39 is 12.0 Å². The van der Waals surface area contributed by atoms with Crippen LogP contribution in [0.25, 0.3) is 40.0 Å². The minimum absolute atomic E-state index is 0.0609. The Bertz CT molecular complexity index is 1720. The van der Waals surface area contributed by atoms with Crippen LogP contribution in [-0.2, 0) is 9.53 Å². The third-order valence-electron chi connectivity index (χ3n) is 7.32. The molecule has 9 nitrogen and oxygen atoms in total. The molecule has 2 N–H and O–H groups in total. The standard InChI is InChI=1S/C32H32N6O3/c1-21(2)29(32(39)40)35-25-11-8-23(9-12-25)30-27(14-13-24-10-7-22-5-3-4-6-26(22)34-24)36-31-28(15-16-33-38(30)31)37-17-19-41-20-18-37/h3-16,21,29,35H,17-20H2,1-2H3,(H,39,40)/b14-13+/t29-/m0/s1. The van der Waals surface area contributed by atoms with Gasteiger partial charge in [0.2, 0.25) is 0 Å². The van der Waals surface area contributed by atoms with Gasteiger partial charge in [0.15, 0.2) is 5.65 Å². The van der Waals surface area contributed by atoms with Crippen molar-refractivity contribution in [2.75, 3.05) is 36.5 Å². The van der Waals surface area contributed by atoms with E-state index in [-0.39, 0.29) is 5.92 Å². The van der Waals surface area contributed by atoms with Crippen molar-refractivity contribution in [2.24, 2.45) is 5.92 Å². The van der Waals surface area contributed by atoms with Crippen molar-refractivity contribution in [2.45, 2.75) is 19.9 Å². The number of aromatic nitrogens is 4. The molecule has 9 heteroatoms. The van der Waals surface area contributed by atoms with E-state index in [1.54, 1.807) is 6.20 Å². The third-order valence-corrected chi connectivity index (χ3v) is 7.32. The lowest BCUT2D eigenvalue weighted by molar-refractivity contribution is -0.138. The highest BCUT2D eigenvalue weighted by Crippen LogP contribution is 2.31. The summed E-state index contributed by atoms with van der Waals surface area (Å²) in [5.41, 5.74) is 6.81. The largest absolute Gasteiger partial charge is 0.480 e. The summed E-state index contributed by atoms with van der Waals surface area (Å²) in [6.45, 7) is 6.69. The van der Waals surface area contributed by atoms with Crippen molar-refractivity contribution < 1.29 is 14.6 Å². The number of carbonyl (C=O) groups is 1. The molecule has 4 heterocycles. The normalized spacial score (nSPS) is 14.8. The van der Waals surface area contributed by atoms with Crippen LogP contribution in [0, 0.1) is 5.92 Å². The van der Waals surface area contributed by atoms with Crippen molar-refractivity contribution >= 4 is 46.0 Å². The number of rotatable bonds is 8. The molecule has 6 rings (SSSR count). The van der Waals surface area contributed by atoms with E-state index in [0.717, 1.165) is 63.7 Å². The molecule has 1 fully saturated rings. The molecular formula is C32H32N6O3. The van der Waals surface area contributed by atoms with Crippen LogP contribution in [0.1, 0.15) is 25.2 Å². The lowest BCUT2D eigenvalue weighted by Gasteiger charge is -2.28. The number of anilines is 2. The minimum atomic E-state index is -0.875. The first kappa shape index (κ1) is 26.5. The van der Waals surface area contributed by atoms with Gasteiger partial charge in [-0.15, -0.1) is 0 Å². The zero-order valence-corrected chi connectivity index (χ0v) is 23.1. The summed E-state index contributed by atoms with van der Waals surface area (Å²) < 4.78 is 7.46. The molecule has 0 unspecified atom stereocenters. The van der Waals surface area contributed by atoms with Crippen LogP contribution in [0.2, 0.25) is 0 Å². The van der Waals surface area contributed by atoms with Crippen LogP contribution >= 0.6 is 0 Å². The molecule has 0 saturated carbocycles. The second kappa shape index (κ2) is 11.4. The predicted octanol–water partition coefficient (Wildman–Crippen LogP) is 5.47. The highest BCUT2D eigenvalue weighted by Gasteiger charge is 2.22. The number of carboxylic acids is 1. The van der Waals surface area contributed by atoms with E-state index in [2.05, 4.69) is 16.3 Å². The summed E-state index contributed by atoms with van der Waals surface area (Å²) in [7, 11) is 0. The fourth-order valence-electron chi connectivity index (χ4n) is 5.15. The topological polar surface area (TPSA) is 105 Å². The molecule has 5 aromatic rings. The molecule has 3 aromatic heterocycles. The van der Waals surface area contributed by atoms with Gasteiger partial charge in [0.05, 0.1) is 42.0 Å². The van der Waals surface area contributed by atoms with Gasteiger partial charge in [-0.25, -0.2) is 19.3 Å². The average molecular weight is 549 g/mol. The van der Waals surface area contributed by atoms with Gasteiger partial charge in [-0.2, -0.15) is 5.10 Å². The van der Waals surface area contributed by atoms with E-state index in [4.69, 9.17) is 19.8 Å². The van der Waals surface area contributed by atoms with Gasteiger partial charge in [-0.05, 0) is 48.4 Å². The van der Waals surface area contributed by atoms with Gasteiger partial charge in [0.25, 0.3) is 0 Å². The number of hydrogen-bond donors (Lipinski definition) is 2. The number of nitrogens with one attached hydrogen (secondary N) is 1. The molecule has 41 heavy (non-hydrogen) atoms. The van der Waals surface area contributed by atoms with E-state index in [9.17, 15) is 9.90 Å². The van der Waals surface area contributed by atoms with Gasteiger partial charge in [0.1, 0.15) is 11.7 Å². The lowest BCUT2D eigenvalue weighted by atomic mass is 10.0. The molecule has 208 valence electrons. The van der Waals surface area contributed by atoms with Crippen LogP contribution in [0.15, 0.2) is 72.9 Å². The van der Waals surface area contributed by atoms with Crippen molar-refractivity contribution in [3.8, 4) is 11.3 Å². The molecule has 0 amide bonds. The summed E-state index contributed by atoms with van der Waals surface area (Å²) in [6.07, 6.45) is 5.76. The number of aliphatic carboxylic acids is 1. The summed E-state index contributed by atoms with van der Waals surface area (Å²) >= 11 is 0. The lowest BCUT2D eigenvalue weighted by Crippen LogP contribution is -2.36. The number of pyridine rings is 1. The highest BCUT2D eigenvalue weighted by molar-refractivity contribution is 5.85. The number of fused-ring (bicyclic) bond motifs is 2. The number of para-hydroxylation sites is 1. The number of ether oxygens (including phenoxy) is 1. The van der Waals surface area contributed by atoms with E-state index in [1.165, 1.54) is 0 Å². The van der Waals surface area contributed by atoms with Crippen LogP contribution in [0.5, 0.6) is 0 Å². The molecule has 1 aliphatic heterocycles. The molecule has 0 bridgehead atoms. The molecule has 1 atom stereocenters. The highest BCUT2D eigenvalue weighted by atomic mass is 16.5. The Morgan fingerprint density at radius 1 is 0.976 bits per heavy atom. The number of benzene rings is 2. The monoisotopic (exact) mass is 548 g/mol. The second-order valence-corrected chi connectivity index (χ2v) is 10.4. The van der Waals surface area contributed by atoms with Gasteiger partial charge >= 0.3 is 5.97 Å². The number of carboxylic acid groups (broad SMARTS) is 1. The fraction of sp³-hybridized carbons (Fsp3) is 0.250. The van der Waals surface area contributed by atoms with Crippen molar-refractivity contribution in [1.82, 2.24) is 19.6 Å². The van der Waals surface area contributed by atoms with Gasteiger partial charge in [-0.1, -0.05) is 50.2 Å². The quantitative estimate of drug-likeness (QED) is 0.263. The van der Waals surface area contributed by atoms with Crippen LogP contribution in [0.3, 0.4) is 0 Å². The van der Waals surface area contributed by atoms with Crippen molar-refractivity contribution in [3.63, 3.8) is 0 Å². The average Bonchev–Trinajstić information content (AvgIpc) is 3.37. The Labute approximate surface area is 238 Å². The Hall–Kier alpha value is -4.76. The van der Waals surface area contributed by atoms with E-state index in [1.807, 2.05) is 91.2 Å². The second-order valence-electron chi connectivity index (χ2n) is 10.4. The molecular weight excluding hydrogens is 516 g/mol.